The molecule has 21 heavy (non-hydrogen) atoms. The summed E-state index contributed by atoms with van der Waals surface area (Å²) >= 11 is 0. The number of anilines is 2. The van der Waals surface area contributed by atoms with E-state index in [0.29, 0.717) is 5.69 Å². The smallest absolute Gasteiger partial charge is 0.229 e. The highest BCUT2D eigenvalue weighted by atomic mass is 32.2. The number of rotatable bonds is 5. The van der Waals surface area contributed by atoms with Crippen LogP contribution in [0.25, 0.3) is 0 Å². The fraction of sp³-hybridized carbons (Fsp3) is 0.200. The van der Waals surface area contributed by atoms with Gasteiger partial charge in [-0.2, -0.15) is 0 Å². The van der Waals surface area contributed by atoms with Gasteiger partial charge in [-0.15, -0.1) is 0 Å². The highest BCUT2D eigenvalue weighted by molar-refractivity contribution is 7.92. The zero-order valence-corrected chi connectivity index (χ0v) is 12.7. The number of nitrogens with one attached hydrogen (secondary N) is 2. The van der Waals surface area contributed by atoms with Crippen molar-refractivity contribution in [1.29, 1.82) is 0 Å². The second kappa shape index (κ2) is 6.05. The summed E-state index contributed by atoms with van der Waals surface area (Å²) in [6.45, 7) is 1.96. The minimum Gasteiger partial charge on any atom is -0.508 e. The molecule has 1 atom stereocenters. The lowest BCUT2D eigenvalue weighted by Gasteiger charge is -2.16. The number of hydrogen-bond donors (Lipinski definition) is 3. The maximum Gasteiger partial charge on any atom is 0.229 e. The van der Waals surface area contributed by atoms with E-state index in [4.69, 9.17) is 0 Å². The zero-order chi connectivity index (χ0) is 15.5. The summed E-state index contributed by atoms with van der Waals surface area (Å²) in [6, 6.07) is 14.0. The van der Waals surface area contributed by atoms with Crippen LogP contribution in [-0.2, 0) is 10.0 Å². The molecule has 2 aromatic rings. The molecule has 0 aliphatic carbocycles. The molecule has 2 rings (SSSR count). The Bertz CT molecular complexity index is 729. The van der Waals surface area contributed by atoms with Gasteiger partial charge in [0.05, 0.1) is 11.9 Å². The van der Waals surface area contributed by atoms with Crippen LogP contribution in [0.2, 0.25) is 0 Å². The highest BCUT2D eigenvalue weighted by Gasteiger charge is 2.07. The molecule has 2 aromatic carbocycles. The summed E-state index contributed by atoms with van der Waals surface area (Å²) in [5.74, 6) is 0.216. The van der Waals surface area contributed by atoms with Crippen LogP contribution in [0.1, 0.15) is 18.5 Å². The topological polar surface area (TPSA) is 78.4 Å². The molecule has 5 nitrogen and oxygen atoms in total. The first-order valence-electron chi connectivity index (χ1n) is 6.47. The zero-order valence-electron chi connectivity index (χ0n) is 11.9. The number of benzene rings is 2. The molecule has 0 aliphatic rings. The van der Waals surface area contributed by atoms with Crippen LogP contribution in [-0.4, -0.2) is 19.8 Å². The molecule has 0 radical (unpaired) electrons. The molecule has 3 N–H and O–H groups in total. The van der Waals surface area contributed by atoms with E-state index in [1.54, 1.807) is 36.4 Å². The lowest BCUT2D eigenvalue weighted by Crippen LogP contribution is -2.10. The molecule has 0 amide bonds. The lowest BCUT2D eigenvalue weighted by atomic mass is 10.1. The largest absolute Gasteiger partial charge is 0.508 e. The van der Waals surface area contributed by atoms with E-state index >= 15 is 0 Å². The van der Waals surface area contributed by atoms with E-state index in [9.17, 15) is 13.5 Å². The predicted molar refractivity (Wildman–Crippen MR) is 85.1 cm³/mol. The lowest BCUT2D eigenvalue weighted by molar-refractivity contribution is 0.474. The van der Waals surface area contributed by atoms with Crippen molar-refractivity contribution < 1.29 is 13.5 Å². The van der Waals surface area contributed by atoms with Gasteiger partial charge >= 0.3 is 0 Å². The van der Waals surface area contributed by atoms with Crippen molar-refractivity contribution in [3.63, 3.8) is 0 Å². The summed E-state index contributed by atoms with van der Waals surface area (Å²) < 4.78 is 24.9. The minimum atomic E-state index is -3.29. The molecule has 1 unspecified atom stereocenters. The standard InChI is InChI=1S/C15H18N2O3S/c1-11(12-5-3-8-15(18)9-12)16-13-6-4-7-14(10-13)17-21(2,19)20/h3-11,16-18H,1-2H3. The van der Waals surface area contributed by atoms with Gasteiger partial charge in [-0.05, 0) is 42.8 Å². The number of hydrogen-bond acceptors (Lipinski definition) is 4. The molecular formula is C15H18N2O3S. The van der Waals surface area contributed by atoms with Crippen molar-refractivity contribution >= 4 is 21.4 Å². The van der Waals surface area contributed by atoms with Crippen molar-refractivity contribution in [2.45, 2.75) is 13.0 Å². The van der Waals surface area contributed by atoms with Gasteiger partial charge in [-0.1, -0.05) is 18.2 Å². The first kappa shape index (κ1) is 15.2. The molecule has 6 heteroatoms. The summed E-state index contributed by atoms with van der Waals surface area (Å²) in [4.78, 5) is 0. The highest BCUT2D eigenvalue weighted by Crippen LogP contribution is 2.24. The molecule has 0 spiro atoms. The Morgan fingerprint density at radius 1 is 1.05 bits per heavy atom. The van der Waals surface area contributed by atoms with Gasteiger partial charge in [0.25, 0.3) is 0 Å². The Balaban J connectivity index is 2.14. The van der Waals surface area contributed by atoms with Crippen molar-refractivity contribution in [1.82, 2.24) is 0 Å². The number of phenols is 1. The maximum atomic E-state index is 11.2. The first-order valence-corrected chi connectivity index (χ1v) is 8.36. The summed E-state index contributed by atoms with van der Waals surface area (Å²) in [5.41, 5.74) is 2.24. The number of phenolic OH excluding ortho intramolecular Hbond substituents is 1. The Morgan fingerprint density at radius 2 is 1.71 bits per heavy atom. The van der Waals surface area contributed by atoms with Gasteiger partial charge < -0.3 is 10.4 Å². The van der Waals surface area contributed by atoms with Gasteiger partial charge in [0.2, 0.25) is 10.0 Å². The molecule has 0 bridgehead atoms. The molecular weight excluding hydrogens is 288 g/mol. The van der Waals surface area contributed by atoms with E-state index in [0.717, 1.165) is 17.5 Å². The normalized spacial score (nSPS) is 12.7. The Kier molecular flexibility index (Phi) is 4.37. The summed E-state index contributed by atoms with van der Waals surface area (Å²) in [5, 5.41) is 12.8. The predicted octanol–water partition coefficient (Wildman–Crippen LogP) is 2.94. The van der Waals surface area contributed by atoms with Crippen molar-refractivity contribution in [2.24, 2.45) is 0 Å². The van der Waals surface area contributed by atoms with Gasteiger partial charge in [0.1, 0.15) is 5.75 Å². The quantitative estimate of drug-likeness (QED) is 0.793. The second-order valence-corrected chi connectivity index (χ2v) is 6.66. The Hall–Kier alpha value is -2.21. The monoisotopic (exact) mass is 306 g/mol. The third kappa shape index (κ3) is 4.68. The van der Waals surface area contributed by atoms with Gasteiger partial charge in [-0.3, -0.25) is 4.72 Å². The van der Waals surface area contributed by atoms with Crippen LogP contribution < -0.4 is 10.0 Å². The van der Waals surface area contributed by atoms with Gasteiger partial charge in [0, 0.05) is 11.7 Å². The van der Waals surface area contributed by atoms with Crippen molar-refractivity contribution in [3.8, 4) is 5.75 Å². The van der Waals surface area contributed by atoms with Crippen LogP contribution >= 0.6 is 0 Å². The molecule has 0 saturated heterocycles. The van der Waals surface area contributed by atoms with E-state index in [1.165, 1.54) is 0 Å². The van der Waals surface area contributed by atoms with E-state index in [2.05, 4.69) is 10.0 Å². The maximum absolute atomic E-state index is 11.2. The number of aromatic hydroxyl groups is 1. The molecule has 0 aromatic heterocycles. The average Bonchev–Trinajstić information content (AvgIpc) is 2.37. The minimum absolute atomic E-state index is 0.0226. The van der Waals surface area contributed by atoms with Crippen LogP contribution in [0.15, 0.2) is 48.5 Å². The molecule has 0 fully saturated rings. The summed E-state index contributed by atoms with van der Waals surface area (Å²) in [6.07, 6.45) is 1.11. The fourth-order valence-corrected chi connectivity index (χ4v) is 2.57. The SMILES string of the molecule is CC(Nc1cccc(NS(C)(=O)=O)c1)c1cccc(O)c1. The van der Waals surface area contributed by atoms with E-state index in [-0.39, 0.29) is 11.8 Å². The van der Waals surface area contributed by atoms with Crippen LogP contribution in [0.5, 0.6) is 5.75 Å². The third-order valence-corrected chi connectivity index (χ3v) is 3.53. The van der Waals surface area contributed by atoms with Crippen LogP contribution in [0.4, 0.5) is 11.4 Å². The Labute approximate surface area is 124 Å². The van der Waals surface area contributed by atoms with E-state index < -0.39 is 10.0 Å². The third-order valence-electron chi connectivity index (χ3n) is 2.92. The van der Waals surface area contributed by atoms with Crippen LogP contribution in [0.3, 0.4) is 0 Å². The van der Waals surface area contributed by atoms with Gasteiger partial charge in [-0.25, -0.2) is 8.42 Å². The Morgan fingerprint density at radius 3 is 2.38 bits per heavy atom. The van der Waals surface area contributed by atoms with Crippen molar-refractivity contribution in [3.05, 3.63) is 54.1 Å². The molecule has 0 aliphatic heterocycles. The molecule has 0 saturated carbocycles. The average molecular weight is 306 g/mol. The number of sulfonamides is 1. The first-order chi connectivity index (χ1) is 9.83. The second-order valence-electron chi connectivity index (χ2n) is 4.92. The van der Waals surface area contributed by atoms with Crippen LogP contribution in [0, 0.1) is 0 Å². The van der Waals surface area contributed by atoms with Gasteiger partial charge in [0.15, 0.2) is 0 Å². The van der Waals surface area contributed by atoms with E-state index in [1.807, 2.05) is 19.1 Å². The molecule has 0 heterocycles. The van der Waals surface area contributed by atoms with Crippen molar-refractivity contribution in [2.75, 3.05) is 16.3 Å². The fourth-order valence-electron chi connectivity index (χ4n) is 2.01. The molecule has 112 valence electrons. The summed E-state index contributed by atoms with van der Waals surface area (Å²) in [7, 11) is -3.29.